The average molecular weight is 426 g/mol. The number of aromatic nitrogens is 2. The number of methoxy groups -OCH3 is 5. The van der Waals surface area contributed by atoms with Gasteiger partial charge in [-0.2, -0.15) is 4.98 Å². The lowest BCUT2D eigenvalue weighted by Crippen LogP contribution is -2.32. The highest BCUT2D eigenvalue weighted by molar-refractivity contribution is 5.97. The number of nitrogen functional groups attached to an aromatic ring is 1. The maximum Gasteiger partial charge on any atom is 0.228 e. The van der Waals surface area contributed by atoms with Crippen LogP contribution in [0.25, 0.3) is 10.9 Å². The van der Waals surface area contributed by atoms with Crippen molar-refractivity contribution in [2.75, 3.05) is 52.7 Å². The van der Waals surface area contributed by atoms with Crippen LogP contribution >= 0.6 is 0 Å². The molecule has 31 heavy (non-hydrogen) atoms. The Morgan fingerprint density at radius 3 is 2.19 bits per heavy atom. The summed E-state index contributed by atoms with van der Waals surface area (Å²) in [5.74, 6) is 3.66. The zero-order valence-corrected chi connectivity index (χ0v) is 18.3. The van der Waals surface area contributed by atoms with E-state index in [0.717, 1.165) is 24.3 Å². The van der Waals surface area contributed by atoms with Crippen molar-refractivity contribution < 1.29 is 23.7 Å². The van der Waals surface area contributed by atoms with E-state index in [2.05, 4.69) is 16.0 Å². The molecule has 3 aromatic rings. The number of benzene rings is 2. The molecule has 2 N–H and O–H groups in total. The highest BCUT2D eigenvalue weighted by Crippen LogP contribution is 2.44. The first kappa shape index (κ1) is 20.6. The first-order chi connectivity index (χ1) is 15.1. The fourth-order valence-corrected chi connectivity index (χ4v) is 4.02. The molecule has 9 nitrogen and oxygen atoms in total. The van der Waals surface area contributed by atoms with Crippen LogP contribution in [-0.4, -0.2) is 52.1 Å². The van der Waals surface area contributed by atoms with Crippen molar-refractivity contribution in [2.45, 2.75) is 13.0 Å². The number of anilines is 2. The molecule has 1 aliphatic heterocycles. The van der Waals surface area contributed by atoms with Crippen LogP contribution in [0.4, 0.5) is 11.8 Å². The molecule has 0 saturated heterocycles. The van der Waals surface area contributed by atoms with Gasteiger partial charge in [-0.3, -0.25) is 0 Å². The van der Waals surface area contributed by atoms with Gasteiger partial charge in [0.1, 0.15) is 11.3 Å². The molecule has 4 rings (SSSR count). The summed E-state index contributed by atoms with van der Waals surface area (Å²) in [7, 11) is 7.95. The van der Waals surface area contributed by atoms with Crippen molar-refractivity contribution in [2.24, 2.45) is 0 Å². The molecule has 0 fully saturated rings. The van der Waals surface area contributed by atoms with Crippen LogP contribution in [0.5, 0.6) is 28.7 Å². The van der Waals surface area contributed by atoms with Crippen molar-refractivity contribution in [3.63, 3.8) is 0 Å². The Bertz CT molecular complexity index is 1140. The van der Waals surface area contributed by atoms with Gasteiger partial charge in [-0.25, -0.2) is 4.98 Å². The van der Waals surface area contributed by atoms with Gasteiger partial charge in [0, 0.05) is 18.7 Å². The molecule has 1 aliphatic rings. The fourth-order valence-electron chi connectivity index (χ4n) is 4.02. The summed E-state index contributed by atoms with van der Waals surface area (Å²) in [6.07, 6.45) is 0.820. The van der Waals surface area contributed by atoms with Crippen molar-refractivity contribution in [3.8, 4) is 28.7 Å². The van der Waals surface area contributed by atoms with E-state index in [0.29, 0.717) is 52.2 Å². The molecular formula is C22H26N4O5. The van der Waals surface area contributed by atoms with E-state index in [1.165, 1.54) is 5.56 Å². The number of rotatable bonds is 6. The third kappa shape index (κ3) is 3.35. The third-order valence-electron chi connectivity index (χ3n) is 5.54. The van der Waals surface area contributed by atoms with Crippen molar-refractivity contribution in [1.82, 2.24) is 9.97 Å². The lowest BCUT2D eigenvalue weighted by Gasteiger charge is -2.30. The van der Waals surface area contributed by atoms with E-state index in [-0.39, 0.29) is 0 Å². The minimum absolute atomic E-state index is 0.336. The molecule has 0 radical (unpaired) electrons. The van der Waals surface area contributed by atoms with E-state index in [1.54, 1.807) is 41.6 Å². The second-order valence-corrected chi connectivity index (χ2v) is 7.06. The SMILES string of the molecule is COc1ccc2c(c1OC)CN(c1nc(N)c3cc(OC)c(OC)c(OC)c3n1)CC2. The molecule has 0 unspecified atom stereocenters. The van der Waals surface area contributed by atoms with Gasteiger partial charge in [0.05, 0.1) is 40.9 Å². The maximum atomic E-state index is 6.32. The predicted octanol–water partition coefficient (Wildman–Crippen LogP) is 2.82. The van der Waals surface area contributed by atoms with Crippen LogP contribution in [0, 0.1) is 0 Å². The third-order valence-corrected chi connectivity index (χ3v) is 5.54. The Kier molecular flexibility index (Phi) is 5.50. The summed E-state index contributed by atoms with van der Waals surface area (Å²) >= 11 is 0. The van der Waals surface area contributed by atoms with Crippen LogP contribution in [0.1, 0.15) is 11.1 Å². The van der Waals surface area contributed by atoms with E-state index < -0.39 is 0 Å². The van der Waals surface area contributed by atoms with Gasteiger partial charge in [0.25, 0.3) is 0 Å². The molecule has 2 heterocycles. The Hall–Kier alpha value is -3.62. The van der Waals surface area contributed by atoms with Crippen LogP contribution in [0.2, 0.25) is 0 Å². The standard InChI is InChI=1S/C22H26N4O5/c1-27-15-7-6-12-8-9-26(11-14(12)18(15)29-3)22-24-17-13(21(23)25-22)10-16(28-2)19(30-4)20(17)31-5/h6-7,10H,8-9,11H2,1-5H3,(H2,23,24,25). The van der Waals surface area contributed by atoms with E-state index in [1.807, 2.05) is 6.07 Å². The monoisotopic (exact) mass is 426 g/mol. The summed E-state index contributed by atoms with van der Waals surface area (Å²) in [5.41, 5.74) is 9.15. The van der Waals surface area contributed by atoms with Crippen LogP contribution < -0.4 is 34.3 Å². The zero-order chi connectivity index (χ0) is 22.1. The zero-order valence-electron chi connectivity index (χ0n) is 18.3. The molecule has 0 bridgehead atoms. The quantitative estimate of drug-likeness (QED) is 0.637. The maximum absolute atomic E-state index is 6.32. The first-order valence-corrected chi connectivity index (χ1v) is 9.80. The van der Waals surface area contributed by atoms with Crippen LogP contribution in [-0.2, 0) is 13.0 Å². The normalized spacial score (nSPS) is 13.0. The van der Waals surface area contributed by atoms with Gasteiger partial charge < -0.3 is 34.3 Å². The number of hydrogen-bond acceptors (Lipinski definition) is 9. The van der Waals surface area contributed by atoms with Gasteiger partial charge in [-0.05, 0) is 24.1 Å². The molecular weight excluding hydrogens is 400 g/mol. The molecule has 0 spiro atoms. The van der Waals surface area contributed by atoms with Gasteiger partial charge >= 0.3 is 0 Å². The molecule has 2 aromatic carbocycles. The number of hydrogen-bond donors (Lipinski definition) is 1. The lowest BCUT2D eigenvalue weighted by atomic mass is 9.98. The Morgan fingerprint density at radius 1 is 0.839 bits per heavy atom. The molecule has 0 saturated carbocycles. The van der Waals surface area contributed by atoms with Gasteiger partial charge in [-0.15, -0.1) is 0 Å². The summed E-state index contributed by atoms with van der Waals surface area (Å²) in [6, 6.07) is 5.77. The average Bonchev–Trinajstić information content (AvgIpc) is 2.81. The van der Waals surface area contributed by atoms with E-state index >= 15 is 0 Å². The number of nitrogens with two attached hydrogens (primary N) is 1. The molecule has 0 atom stereocenters. The van der Waals surface area contributed by atoms with Crippen molar-refractivity contribution in [1.29, 1.82) is 0 Å². The van der Waals surface area contributed by atoms with Gasteiger partial charge in [0.2, 0.25) is 11.7 Å². The highest BCUT2D eigenvalue weighted by Gasteiger charge is 2.26. The second kappa shape index (κ2) is 8.25. The van der Waals surface area contributed by atoms with E-state index in [4.69, 9.17) is 34.4 Å². The van der Waals surface area contributed by atoms with Crippen molar-refractivity contribution >= 4 is 22.7 Å². The van der Waals surface area contributed by atoms with Crippen LogP contribution in [0.15, 0.2) is 18.2 Å². The second-order valence-electron chi connectivity index (χ2n) is 7.06. The largest absolute Gasteiger partial charge is 0.493 e. The highest BCUT2D eigenvalue weighted by atomic mass is 16.5. The Morgan fingerprint density at radius 2 is 1.55 bits per heavy atom. The van der Waals surface area contributed by atoms with Gasteiger partial charge in [-0.1, -0.05) is 6.07 Å². The smallest absolute Gasteiger partial charge is 0.228 e. The summed E-state index contributed by atoms with van der Waals surface area (Å²) in [5, 5.41) is 0.634. The van der Waals surface area contributed by atoms with Crippen molar-refractivity contribution in [3.05, 3.63) is 29.3 Å². The number of nitrogens with zero attached hydrogens (tertiary/aromatic N) is 3. The predicted molar refractivity (Wildman–Crippen MR) is 118 cm³/mol. The summed E-state index contributed by atoms with van der Waals surface area (Å²) in [6.45, 7) is 1.30. The van der Waals surface area contributed by atoms with Crippen LogP contribution in [0.3, 0.4) is 0 Å². The minimum atomic E-state index is 0.336. The Labute approximate surface area is 180 Å². The topological polar surface area (TPSA) is 101 Å². The number of ether oxygens (including phenoxy) is 5. The molecule has 9 heteroatoms. The first-order valence-electron chi connectivity index (χ1n) is 9.80. The summed E-state index contributed by atoms with van der Waals surface area (Å²) in [4.78, 5) is 11.4. The Balaban J connectivity index is 1.83. The fraction of sp³-hybridized carbons (Fsp3) is 0.364. The summed E-state index contributed by atoms with van der Waals surface area (Å²) < 4.78 is 27.6. The molecule has 164 valence electrons. The minimum Gasteiger partial charge on any atom is -0.493 e. The number of fused-ring (bicyclic) bond motifs is 2. The van der Waals surface area contributed by atoms with E-state index in [9.17, 15) is 0 Å². The van der Waals surface area contributed by atoms with Gasteiger partial charge in [0.15, 0.2) is 23.0 Å². The molecule has 0 amide bonds. The molecule has 0 aliphatic carbocycles. The molecule has 1 aromatic heterocycles. The lowest BCUT2D eigenvalue weighted by molar-refractivity contribution is 0.327.